The number of aryl methyl sites for hydroxylation is 1. The standard InChI is InChI=1S/C31H35N5O2/c1-3-27-26-21-35(31(37)32-23-13-6-4-7-14-23)29(22-12-10-17-25(20-22)38-2)28-18-11-19-34(28)30(26)36(33-27)24-15-8-5-9-16-24/h5,8-12,15-20,23,29H,3-4,6-7,13-14,21H2,1-2H3,(H,32,37)/t29-/m1/s1. The van der Waals surface area contributed by atoms with Crippen LogP contribution >= 0.6 is 0 Å². The molecule has 0 saturated heterocycles. The summed E-state index contributed by atoms with van der Waals surface area (Å²) in [5.41, 5.74) is 5.13. The van der Waals surface area contributed by atoms with Gasteiger partial charge in [0, 0.05) is 17.8 Å². The summed E-state index contributed by atoms with van der Waals surface area (Å²) in [6.45, 7) is 2.60. The van der Waals surface area contributed by atoms with E-state index in [1.807, 2.05) is 46.0 Å². The Labute approximate surface area is 224 Å². The van der Waals surface area contributed by atoms with Gasteiger partial charge < -0.3 is 19.5 Å². The van der Waals surface area contributed by atoms with Crippen molar-refractivity contribution in [1.82, 2.24) is 24.6 Å². The SMILES string of the molecule is CCc1nn(-c2ccccc2)c2c1CN(C(=O)NC1CCCCC1)[C@H](c1cccc(OC)c1)c1cccn1-2. The summed E-state index contributed by atoms with van der Waals surface area (Å²) in [5, 5.41) is 8.45. The molecule has 38 heavy (non-hydrogen) atoms. The summed E-state index contributed by atoms with van der Waals surface area (Å²) in [7, 11) is 1.68. The second-order valence-electron chi connectivity index (χ2n) is 10.2. The maximum Gasteiger partial charge on any atom is 0.318 e. The minimum absolute atomic E-state index is 0.0279. The van der Waals surface area contributed by atoms with Crippen molar-refractivity contribution >= 4 is 6.03 Å². The number of nitrogens with one attached hydrogen (secondary N) is 1. The quantitative estimate of drug-likeness (QED) is 0.349. The van der Waals surface area contributed by atoms with E-state index < -0.39 is 0 Å². The Morgan fingerprint density at radius 2 is 1.84 bits per heavy atom. The monoisotopic (exact) mass is 509 g/mol. The number of carbonyl (C=O) groups excluding carboxylic acids is 1. The smallest absolute Gasteiger partial charge is 0.318 e. The van der Waals surface area contributed by atoms with Crippen molar-refractivity contribution in [3.8, 4) is 17.3 Å². The highest BCUT2D eigenvalue weighted by Gasteiger charge is 2.37. The molecule has 2 aliphatic rings. The molecule has 0 spiro atoms. The molecule has 196 valence electrons. The summed E-state index contributed by atoms with van der Waals surface area (Å²) >= 11 is 0. The van der Waals surface area contributed by atoms with E-state index in [0.717, 1.165) is 59.0 Å². The summed E-state index contributed by atoms with van der Waals surface area (Å²) in [4.78, 5) is 16.1. The Morgan fingerprint density at radius 1 is 1.03 bits per heavy atom. The van der Waals surface area contributed by atoms with E-state index in [1.54, 1.807) is 7.11 Å². The third kappa shape index (κ3) is 4.36. The molecule has 7 nitrogen and oxygen atoms in total. The molecule has 1 aliphatic carbocycles. The summed E-state index contributed by atoms with van der Waals surface area (Å²) < 4.78 is 9.83. The van der Waals surface area contributed by atoms with Gasteiger partial charge in [0.05, 0.1) is 36.8 Å². The molecule has 3 heterocycles. The van der Waals surface area contributed by atoms with Crippen LogP contribution in [0.4, 0.5) is 4.79 Å². The summed E-state index contributed by atoms with van der Waals surface area (Å²) in [6.07, 6.45) is 8.53. The molecule has 6 rings (SSSR count). The largest absolute Gasteiger partial charge is 0.497 e. The molecular weight excluding hydrogens is 474 g/mol. The number of hydrogen-bond donors (Lipinski definition) is 1. The van der Waals surface area contributed by atoms with Gasteiger partial charge in [-0.25, -0.2) is 9.48 Å². The van der Waals surface area contributed by atoms with E-state index in [-0.39, 0.29) is 18.1 Å². The Balaban J connectivity index is 1.53. The van der Waals surface area contributed by atoms with E-state index in [1.165, 1.54) is 19.3 Å². The van der Waals surface area contributed by atoms with Gasteiger partial charge in [0.15, 0.2) is 0 Å². The molecule has 0 bridgehead atoms. The highest BCUT2D eigenvalue weighted by Crippen LogP contribution is 2.39. The summed E-state index contributed by atoms with van der Waals surface area (Å²) in [5.74, 6) is 1.77. The number of aromatic nitrogens is 3. The average Bonchev–Trinajstić information content (AvgIpc) is 3.55. The first-order valence-electron chi connectivity index (χ1n) is 13.7. The molecule has 1 fully saturated rings. The molecule has 2 aromatic heterocycles. The number of hydrogen-bond acceptors (Lipinski definition) is 3. The highest BCUT2D eigenvalue weighted by molar-refractivity contribution is 5.76. The molecule has 2 amide bonds. The Bertz CT molecular complexity index is 1420. The van der Waals surface area contributed by atoms with Gasteiger partial charge in [-0.2, -0.15) is 5.10 Å². The van der Waals surface area contributed by atoms with Crippen LogP contribution in [0.5, 0.6) is 5.75 Å². The van der Waals surface area contributed by atoms with Crippen LogP contribution in [0, 0.1) is 0 Å². The first kappa shape index (κ1) is 24.3. The van der Waals surface area contributed by atoms with Crippen LogP contribution in [0.3, 0.4) is 0 Å². The van der Waals surface area contributed by atoms with E-state index in [4.69, 9.17) is 9.84 Å². The van der Waals surface area contributed by atoms with Gasteiger partial charge in [-0.05, 0) is 61.2 Å². The predicted molar refractivity (Wildman–Crippen MR) is 148 cm³/mol. The van der Waals surface area contributed by atoms with Crippen LogP contribution in [-0.4, -0.2) is 38.4 Å². The number of fused-ring (bicyclic) bond motifs is 3. The fourth-order valence-corrected chi connectivity index (χ4v) is 6.01. The van der Waals surface area contributed by atoms with Crippen LogP contribution in [0.1, 0.15) is 67.6 Å². The van der Waals surface area contributed by atoms with Crippen LogP contribution in [0.15, 0.2) is 72.9 Å². The number of methoxy groups -OCH3 is 1. The number of ether oxygens (including phenoxy) is 1. The van der Waals surface area contributed by atoms with Crippen molar-refractivity contribution in [2.75, 3.05) is 7.11 Å². The number of benzene rings is 2. The van der Waals surface area contributed by atoms with Crippen LogP contribution < -0.4 is 10.1 Å². The molecule has 1 atom stereocenters. The first-order valence-corrected chi connectivity index (χ1v) is 13.7. The van der Waals surface area contributed by atoms with Crippen molar-refractivity contribution < 1.29 is 9.53 Å². The molecular formula is C31H35N5O2. The molecule has 4 aromatic rings. The number of para-hydroxylation sites is 1. The first-order chi connectivity index (χ1) is 18.7. The van der Waals surface area contributed by atoms with Gasteiger partial charge in [-0.3, -0.25) is 0 Å². The third-order valence-electron chi connectivity index (χ3n) is 7.91. The molecule has 1 aliphatic heterocycles. The van der Waals surface area contributed by atoms with E-state index in [9.17, 15) is 4.79 Å². The zero-order chi connectivity index (χ0) is 26.1. The lowest BCUT2D eigenvalue weighted by Gasteiger charge is -2.33. The number of amides is 2. The number of nitrogens with zero attached hydrogens (tertiary/aromatic N) is 4. The molecule has 1 saturated carbocycles. The lowest BCUT2D eigenvalue weighted by Crippen LogP contribution is -2.46. The predicted octanol–water partition coefficient (Wildman–Crippen LogP) is 6.18. The fraction of sp³-hybridized carbons (Fsp3) is 0.355. The Kier molecular flexibility index (Phi) is 6.66. The zero-order valence-corrected chi connectivity index (χ0v) is 22.1. The van der Waals surface area contributed by atoms with Crippen molar-refractivity contribution in [2.45, 2.75) is 64.1 Å². The van der Waals surface area contributed by atoms with Crippen LogP contribution in [0.25, 0.3) is 11.5 Å². The van der Waals surface area contributed by atoms with Crippen LogP contribution in [0.2, 0.25) is 0 Å². The van der Waals surface area contributed by atoms with Crippen molar-refractivity contribution in [3.05, 3.63) is 95.4 Å². The lowest BCUT2D eigenvalue weighted by atomic mass is 9.95. The number of urea groups is 1. The van der Waals surface area contributed by atoms with Gasteiger partial charge in [0.2, 0.25) is 0 Å². The zero-order valence-electron chi connectivity index (χ0n) is 22.1. The topological polar surface area (TPSA) is 64.3 Å². The second kappa shape index (κ2) is 10.4. The maximum absolute atomic E-state index is 14.1. The van der Waals surface area contributed by atoms with Gasteiger partial charge >= 0.3 is 6.03 Å². The average molecular weight is 510 g/mol. The van der Waals surface area contributed by atoms with Crippen molar-refractivity contribution in [3.63, 3.8) is 0 Å². The molecule has 0 radical (unpaired) electrons. The van der Waals surface area contributed by atoms with Gasteiger partial charge in [0.1, 0.15) is 11.6 Å². The van der Waals surface area contributed by atoms with Gasteiger partial charge in [-0.1, -0.05) is 56.5 Å². The summed E-state index contributed by atoms with van der Waals surface area (Å²) in [6, 6.07) is 22.4. The number of carbonyl (C=O) groups is 1. The van der Waals surface area contributed by atoms with Crippen LogP contribution in [-0.2, 0) is 13.0 Å². The van der Waals surface area contributed by atoms with E-state index >= 15 is 0 Å². The molecule has 1 N–H and O–H groups in total. The minimum Gasteiger partial charge on any atom is -0.497 e. The maximum atomic E-state index is 14.1. The van der Waals surface area contributed by atoms with E-state index in [0.29, 0.717) is 6.54 Å². The Morgan fingerprint density at radius 3 is 2.61 bits per heavy atom. The molecule has 7 heteroatoms. The molecule has 0 unspecified atom stereocenters. The lowest BCUT2D eigenvalue weighted by molar-refractivity contribution is 0.173. The van der Waals surface area contributed by atoms with Crippen molar-refractivity contribution in [2.24, 2.45) is 0 Å². The Hall–Kier alpha value is -4.00. The van der Waals surface area contributed by atoms with Crippen molar-refractivity contribution in [1.29, 1.82) is 0 Å². The van der Waals surface area contributed by atoms with E-state index in [2.05, 4.69) is 53.3 Å². The number of rotatable bonds is 5. The fourth-order valence-electron chi connectivity index (χ4n) is 6.01. The second-order valence-corrected chi connectivity index (χ2v) is 10.2. The minimum atomic E-state index is -0.287. The molecule has 2 aromatic carbocycles. The van der Waals surface area contributed by atoms with Gasteiger partial charge in [-0.15, -0.1) is 0 Å². The van der Waals surface area contributed by atoms with Gasteiger partial charge in [0.25, 0.3) is 0 Å². The normalized spacial score (nSPS) is 17.4. The highest BCUT2D eigenvalue weighted by atomic mass is 16.5. The third-order valence-corrected chi connectivity index (χ3v) is 7.91.